The van der Waals surface area contributed by atoms with Crippen LogP contribution < -0.4 is 10.1 Å². The lowest BCUT2D eigenvalue weighted by atomic mass is 10.2. The summed E-state index contributed by atoms with van der Waals surface area (Å²) < 4.78 is 8.77. The number of aromatic nitrogens is 4. The summed E-state index contributed by atoms with van der Waals surface area (Å²) in [5, 5.41) is 11.4. The van der Waals surface area contributed by atoms with Crippen LogP contribution in [0.1, 0.15) is 17.7 Å². The molecule has 1 amide bonds. The number of carbonyl (C=O) groups is 1. The number of hydrogen-bond donors (Lipinski definition) is 1. The number of anilines is 1. The SMILES string of the molecule is COc1cccc(Cn2cc(NC(=O)CCn3ccc(C)n3)cn2)c1. The molecule has 0 saturated heterocycles. The minimum absolute atomic E-state index is 0.0610. The third-order valence-electron chi connectivity index (χ3n) is 3.74. The molecule has 0 bridgehead atoms. The first kappa shape index (κ1) is 16.8. The van der Waals surface area contributed by atoms with Gasteiger partial charge in [-0.3, -0.25) is 14.2 Å². The number of ether oxygens (including phenoxy) is 1. The zero-order valence-electron chi connectivity index (χ0n) is 14.3. The highest BCUT2D eigenvalue weighted by Gasteiger charge is 2.06. The molecule has 0 radical (unpaired) electrons. The maximum Gasteiger partial charge on any atom is 0.226 e. The Morgan fingerprint density at radius 1 is 1.28 bits per heavy atom. The Balaban J connectivity index is 1.53. The van der Waals surface area contributed by atoms with Gasteiger partial charge < -0.3 is 10.1 Å². The lowest BCUT2D eigenvalue weighted by Gasteiger charge is -2.05. The van der Waals surface area contributed by atoms with E-state index in [2.05, 4.69) is 15.5 Å². The number of nitrogens with one attached hydrogen (secondary N) is 1. The Bertz CT molecular complexity index is 853. The summed E-state index contributed by atoms with van der Waals surface area (Å²) in [4.78, 5) is 12.0. The largest absolute Gasteiger partial charge is 0.497 e. The second-order valence-corrected chi connectivity index (χ2v) is 5.80. The molecule has 2 heterocycles. The van der Waals surface area contributed by atoms with Crippen molar-refractivity contribution in [2.75, 3.05) is 12.4 Å². The molecule has 25 heavy (non-hydrogen) atoms. The maximum absolute atomic E-state index is 12.0. The van der Waals surface area contributed by atoms with Crippen molar-refractivity contribution in [1.82, 2.24) is 19.6 Å². The Labute approximate surface area is 146 Å². The van der Waals surface area contributed by atoms with E-state index in [1.54, 1.807) is 22.7 Å². The van der Waals surface area contributed by atoms with Gasteiger partial charge in [-0.25, -0.2) is 0 Å². The Kier molecular flexibility index (Phi) is 5.13. The van der Waals surface area contributed by atoms with E-state index in [9.17, 15) is 4.79 Å². The second kappa shape index (κ2) is 7.65. The molecule has 130 valence electrons. The van der Waals surface area contributed by atoms with Crippen LogP contribution >= 0.6 is 0 Å². The minimum atomic E-state index is -0.0610. The van der Waals surface area contributed by atoms with E-state index in [0.29, 0.717) is 25.2 Å². The summed E-state index contributed by atoms with van der Waals surface area (Å²) in [7, 11) is 1.64. The van der Waals surface area contributed by atoms with Gasteiger partial charge in [-0.05, 0) is 30.7 Å². The number of rotatable bonds is 7. The number of amides is 1. The van der Waals surface area contributed by atoms with Crippen LogP contribution in [-0.2, 0) is 17.9 Å². The van der Waals surface area contributed by atoms with E-state index >= 15 is 0 Å². The molecule has 1 N–H and O–H groups in total. The topological polar surface area (TPSA) is 74.0 Å². The summed E-state index contributed by atoms with van der Waals surface area (Å²) >= 11 is 0. The molecule has 0 atom stereocenters. The minimum Gasteiger partial charge on any atom is -0.497 e. The molecule has 0 aliphatic carbocycles. The number of nitrogens with zero attached hydrogens (tertiary/aromatic N) is 4. The molecule has 0 aliphatic heterocycles. The quantitative estimate of drug-likeness (QED) is 0.718. The fourth-order valence-electron chi connectivity index (χ4n) is 2.50. The first-order valence-electron chi connectivity index (χ1n) is 8.07. The van der Waals surface area contributed by atoms with E-state index in [1.807, 2.05) is 49.6 Å². The molecule has 0 fully saturated rings. The van der Waals surface area contributed by atoms with Crippen molar-refractivity contribution in [1.29, 1.82) is 0 Å². The molecule has 7 heteroatoms. The lowest BCUT2D eigenvalue weighted by Crippen LogP contribution is -2.14. The predicted octanol–water partition coefficient (Wildman–Crippen LogP) is 2.47. The van der Waals surface area contributed by atoms with Gasteiger partial charge in [0.1, 0.15) is 5.75 Å². The smallest absolute Gasteiger partial charge is 0.226 e. The van der Waals surface area contributed by atoms with Crippen molar-refractivity contribution < 1.29 is 9.53 Å². The maximum atomic E-state index is 12.0. The van der Waals surface area contributed by atoms with Crippen molar-refractivity contribution in [2.24, 2.45) is 0 Å². The van der Waals surface area contributed by atoms with Crippen LogP contribution in [0.15, 0.2) is 48.9 Å². The van der Waals surface area contributed by atoms with Gasteiger partial charge in [0.25, 0.3) is 0 Å². The standard InChI is InChI=1S/C18H21N5O2/c1-14-6-8-22(21-14)9-7-18(24)20-16-11-19-23(13-16)12-15-4-3-5-17(10-15)25-2/h3-6,8,10-11,13H,7,9,12H2,1-2H3,(H,20,24). The molecular weight excluding hydrogens is 318 g/mol. The highest BCUT2D eigenvalue weighted by molar-refractivity contribution is 5.90. The highest BCUT2D eigenvalue weighted by Crippen LogP contribution is 2.14. The van der Waals surface area contributed by atoms with Gasteiger partial charge in [0.15, 0.2) is 0 Å². The molecule has 0 aliphatic rings. The van der Waals surface area contributed by atoms with Gasteiger partial charge in [0.05, 0.1) is 31.2 Å². The molecule has 1 aromatic carbocycles. The summed E-state index contributed by atoms with van der Waals surface area (Å²) in [6.45, 7) is 3.09. The summed E-state index contributed by atoms with van der Waals surface area (Å²) in [5.74, 6) is 0.751. The van der Waals surface area contributed by atoms with Crippen LogP contribution in [0.3, 0.4) is 0 Å². The van der Waals surface area contributed by atoms with Crippen molar-refractivity contribution >= 4 is 11.6 Å². The normalized spacial score (nSPS) is 10.6. The van der Waals surface area contributed by atoms with E-state index in [0.717, 1.165) is 17.0 Å². The molecule has 7 nitrogen and oxygen atoms in total. The van der Waals surface area contributed by atoms with E-state index in [1.165, 1.54) is 0 Å². The van der Waals surface area contributed by atoms with Crippen LogP contribution in [0.5, 0.6) is 5.75 Å². The molecule has 3 aromatic rings. The third-order valence-corrected chi connectivity index (χ3v) is 3.74. The first-order valence-corrected chi connectivity index (χ1v) is 8.07. The van der Waals surface area contributed by atoms with Crippen LogP contribution in [0, 0.1) is 6.92 Å². The lowest BCUT2D eigenvalue weighted by molar-refractivity contribution is -0.116. The van der Waals surface area contributed by atoms with E-state index in [4.69, 9.17) is 4.74 Å². The predicted molar refractivity (Wildman–Crippen MR) is 94.5 cm³/mol. The van der Waals surface area contributed by atoms with Gasteiger partial charge >= 0.3 is 0 Å². The van der Waals surface area contributed by atoms with Gasteiger partial charge in [-0.15, -0.1) is 0 Å². The number of carbonyl (C=O) groups excluding carboxylic acids is 1. The molecule has 0 spiro atoms. The summed E-state index contributed by atoms with van der Waals surface area (Å²) in [6, 6.07) is 9.73. The fraction of sp³-hybridized carbons (Fsp3) is 0.278. The molecule has 0 saturated carbocycles. The number of benzene rings is 1. The summed E-state index contributed by atoms with van der Waals surface area (Å²) in [6.07, 6.45) is 5.70. The van der Waals surface area contributed by atoms with E-state index < -0.39 is 0 Å². The Morgan fingerprint density at radius 2 is 2.16 bits per heavy atom. The van der Waals surface area contributed by atoms with Crippen LogP contribution in [0.25, 0.3) is 0 Å². The van der Waals surface area contributed by atoms with Gasteiger partial charge in [-0.1, -0.05) is 12.1 Å². The Hall–Kier alpha value is -3.09. The third kappa shape index (κ3) is 4.69. The summed E-state index contributed by atoms with van der Waals surface area (Å²) in [5.41, 5.74) is 2.71. The zero-order valence-corrected chi connectivity index (χ0v) is 14.3. The molecular formula is C18H21N5O2. The van der Waals surface area contributed by atoms with E-state index in [-0.39, 0.29) is 5.91 Å². The van der Waals surface area contributed by atoms with Crippen molar-refractivity contribution in [3.63, 3.8) is 0 Å². The van der Waals surface area contributed by atoms with Gasteiger partial charge in [0.2, 0.25) is 5.91 Å². The first-order chi connectivity index (χ1) is 12.1. The van der Waals surface area contributed by atoms with Crippen LogP contribution in [0.4, 0.5) is 5.69 Å². The second-order valence-electron chi connectivity index (χ2n) is 5.80. The van der Waals surface area contributed by atoms with Crippen molar-refractivity contribution in [3.05, 3.63) is 60.2 Å². The fourth-order valence-corrected chi connectivity index (χ4v) is 2.50. The molecule has 2 aromatic heterocycles. The number of hydrogen-bond acceptors (Lipinski definition) is 4. The average molecular weight is 339 g/mol. The number of methoxy groups -OCH3 is 1. The number of aryl methyl sites for hydroxylation is 2. The average Bonchev–Trinajstić information content (AvgIpc) is 3.22. The van der Waals surface area contributed by atoms with Gasteiger partial charge in [-0.2, -0.15) is 10.2 Å². The van der Waals surface area contributed by atoms with Crippen LogP contribution in [-0.4, -0.2) is 32.6 Å². The molecule has 0 unspecified atom stereocenters. The van der Waals surface area contributed by atoms with Crippen molar-refractivity contribution in [2.45, 2.75) is 26.4 Å². The van der Waals surface area contributed by atoms with Gasteiger partial charge in [0, 0.05) is 25.4 Å². The highest BCUT2D eigenvalue weighted by atomic mass is 16.5. The monoisotopic (exact) mass is 339 g/mol. The Morgan fingerprint density at radius 3 is 2.92 bits per heavy atom. The van der Waals surface area contributed by atoms with Crippen LogP contribution in [0.2, 0.25) is 0 Å². The van der Waals surface area contributed by atoms with Crippen molar-refractivity contribution in [3.8, 4) is 5.75 Å². The molecule has 3 rings (SSSR count). The zero-order chi connectivity index (χ0) is 17.6.